The van der Waals surface area contributed by atoms with Gasteiger partial charge in [0.1, 0.15) is 6.07 Å². The number of nitrogens with zero attached hydrogens (tertiary/aromatic N) is 5. The minimum absolute atomic E-state index is 0.477. The van der Waals surface area contributed by atoms with E-state index in [1.54, 1.807) is 0 Å². The summed E-state index contributed by atoms with van der Waals surface area (Å²) in [6.07, 6.45) is 2.85. The van der Waals surface area contributed by atoms with Crippen LogP contribution in [0, 0.1) is 11.3 Å². The second kappa shape index (κ2) is 8.72. The molecule has 0 N–H and O–H groups in total. The fourth-order valence-corrected chi connectivity index (χ4v) is 3.40. The molecule has 1 aliphatic heterocycles. The molecule has 3 aromatic rings. The Balaban J connectivity index is 1.80. The lowest BCUT2D eigenvalue weighted by Crippen LogP contribution is -2.38. The van der Waals surface area contributed by atoms with Crippen LogP contribution in [0.4, 0.5) is 5.95 Å². The number of aromatic nitrogens is 3. The molecule has 2 heterocycles. The van der Waals surface area contributed by atoms with E-state index in [2.05, 4.69) is 40.2 Å². The number of benzene rings is 2. The Labute approximate surface area is 170 Å². The summed E-state index contributed by atoms with van der Waals surface area (Å²) in [5.41, 5.74) is 3.64. The summed E-state index contributed by atoms with van der Waals surface area (Å²) >= 11 is 0. The monoisotopic (exact) mass is 385 g/mol. The molecule has 1 aromatic heterocycles. The quantitative estimate of drug-likeness (QED) is 0.626. The first-order chi connectivity index (χ1) is 14.3. The number of rotatable bonds is 5. The minimum atomic E-state index is 0.477. The first-order valence-corrected chi connectivity index (χ1v) is 9.85. The number of nitriles is 1. The highest BCUT2D eigenvalue weighted by Gasteiger charge is 2.23. The fourth-order valence-electron chi connectivity index (χ4n) is 3.40. The number of ether oxygens (including phenoxy) is 1. The molecule has 29 heavy (non-hydrogen) atoms. The first kappa shape index (κ1) is 18.9. The fraction of sp³-hybridized carbons (Fsp3) is 0.261. The maximum absolute atomic E-state index is 9.90. The molecule has 1 saturated heterocycles. The van der Waals surface area contributed by atoms with Gasteiger partial charge in [0.2, 0.25) is 5.95 Å². The van der Waals surface area contributed by atoms with Crippen molar-refractivity contribution in [1.29, 1.82) is 5.26 Å². The molecule has 6 nitrogen and oxygen atoms in total. The van der Waals surface area contributed by atoms with Gasteiger partial charge in [-0.05, 0) is 35.8 Å². The third-order valence-corrected chi connectivity index (χ3v) is 5.01. The number of para-hydroxylation sites is 1. The molecule has 0 spiro atoms. The predicted octanol–water partition coefficient (Wildman–Crippen LogP) is 3.73. The van der Waals surface area contributed by atoms with E-state index in [0.717, 1.165) is 36.7 Å². The van der Waals surface area contributed by atoms with Gasteiger partial charge in [-0.15, -0.1) is 10.2 Å². The molecule has 0 radical (unpaired) electrons. The third kappa shape index (κ3) is 4.05. The average molecular weight is 385 g/mol. The van der Waals surface area contributed by atoms with Crippen molar-refractivity contribution in [3.05, 3.63) is 71.5 Å². The molecule has 0 unspecified atom stereocenters. The normalized spacial score (nSPS) is 14.6. The van der Waals surface area contributed by atoms with Gasteiger partial charge in [0.05, 0.1) is 24.5 Å². The van der Waals surface area contributed by atoms with E-state index in [-0.39, 0.29) is 0 Å². The van der Waals surface area contributed by atoms with Crippen molar-refractivity contribution in [2.24, 2.45) is 0 Å². The van der Waals surface area contributed by atoms with E-state index in [1.165, 1.54) is 5.56 Å². The highest BCUT2D eigenvalue weighted by Crippen LogP contribution is 2.26. The number of morpholine rings is 1. The van der Waals surface area contributed by atoms with Crippen LogP contribution in [-0.2, 0) is 11.2 Å². The van der Waals surface area contributed by atoms with Crippen LogP contribution in [0.5, 0.6) is 0 Å². The van der Waals surface area contributed by atoms with Crippen LogP contribution in [-0.4, -0.2) is 41.1 Å². The molecule has 0 amide bonds. The van der Waals surface area contributed by atoms with Gasteiger partial charge in [0.15, 0.2) is 5.82 Å². The molecule has 1 fully saturated rings. The van der Waals surface area contributed by atoms with Crippen molar-refractivity contribution in [2.45, 2.75) is 13.3 Å². The molecule has 4 rings (SSSR count). The zero-order chi connectivity index (χ0) is 20.1. The first-order valence-electron chi connectivity index (χ1n) is 9.85. The van der Waals surface area contributed by atoms with E-state index in [4.69, 9.17) is 4.74 Å². The molecule has 146 valence electrons. The average Bonchev–Trinajstić information content (AvgIpc) is 3.24. The van der Waals surface area contributed by atoms with Crippen molar-refractivity contribution >= 4 is 17.6 Å². The number of allylic oxidation sites excluding steroid dienone is 1. The van der Waals surface area contributed by atoms with Gasteiger partial charge in [0.25, 0.3) is 0 Å². The van der Waals surface area contributed by atoms with Gasteiger partial charge >= 0.3 is 0 Å². The van der Waals surface area contributed by atoms with Crippen LogP contribution < -0.4 is 4.90 Å². The van der Waals surface area contributed by atoms with E-state index >= 15 is 0 Å². The zero-order valence-corrected chi connectivity index (χ0v) is 16.5. The van der Waals surface area contributed by atoms with Crippen LogP contribution in [0.2, 0.25) is 0 Å². The van der Waals surface area contributed by atoms with Crippen molar-refractivity contribution in [3.63, 3.8) is 0 Å². The molecule has 0 bridgehead atoms. The number of aryl methyl sites for hydroxylation is 1. The highest BCUT2D eigenvalue weighted by atomic mass is 16.5. The van der Waals surface area contributed by atoms with Crippen molar-refractivity contribution < 1.29 is 4.74 Å². The lowest BCUT2D eigenvalue weighted by molar-refractivity contribution is 0.122. The predicted molar refractivity (Wildman–Crippen MR) is 114 cm³/mol. The number of anilines is 1. The van der Waals surface area contributed by atoms with Gasteiger partial charge < -0.3 is 9.64 Å². The smallest absolute Gasteiger partial charge is 0.232 e. The largest absolute Gasteiger partial charge is 0.378 e. The van der Waals surface area contributed by atoms with Gasteiger partial charge in [-0.3, -0.25) is 4.57 Å². The second-order valence-corrected chi connectivity index (χ2v) is 6.86. The molecule has 1 aliphatic rings. The Hall–Kier alpha value is -3.43. The van der Waals surface area contributed by atoms with Gasteiger partial charge in [-0.1, -0.05) is 49.4 Å². The van der Waals surface area contributed by atoms with Gasteiger partial charge in [-0.25, -0.2) is 0 Å². The maximum atomic E-state index is 9.90. The molecule has 2 aromatic carbocycles. The second-order valence-electron chi connectivity index (χ2n) is 6.86. The Kier molecular flexibility index (Phi) is 5.68. The summed E-state index contributed by atoms with van der Waals surface area (Å²) in [6, 6.07) is 20.5. The molecule has 0 atom stereocenters. The van der Waals surface area contributed by atoms with Crippen molar-refractivity contribution in [1.82, 2.24) is 14.8 Å². The van der Waals surface area contributed by atoms with Gasteiger partial charge in [0, 0.05) is 13.1 Å². The van der Waals surface area contributed by atoms with Crippen LogP contribution in [0.3, 0.4) is 0 Å². The van der Waals surface area contributed by atoms with Crippen LogP contribution in [0.15, 0.2) is 54.6 Å². The van der Waals surface area contributed by atoms with E-state index in [1.807, 2.05) is 53.1 Å². The summed E-state index contributed by atoms with van der Waals surface area (Å²) in [7, 11) is 0. The molecule has 0 saturated carbocycles. The highest BCUT2D eigenvalue weighted by molar-refractivity contribution is 5.88. The Morgan fingerprint density at radius 3 is 2.45 bits per heavy atom. The topological polar surface area (TPSA) is 67.0 Å². The Morgan fingerprint density at radius 2 is 1.79 bits per heavy atom. The summed E-state index contributed by atoms with van der Waals surface area (Å²) in [6.45, 7) is 4.93. The van der Waals surface area contributed by atoms with E-state index < -0.39 is 0 Å². The number of hydrogen-bond donors (Lipinski definition) is 0. The van der Waals surface area contributed by atoms with Crippen molar-refractivity contribution in [3.8, 4) is 11.8 Å². The summed E-state index contributed by atoms with van der Waals surface area (Å²) in [4.78, 5) is 2.15. The Morgan fingerprint density at radius 1 is 1.07 bits per heavy atom. The molecular weight excluding hydrogens is 362 g/mol. The van der Waals surface area contributed by atoms with Gasteiger partial charge in [-0.2, -0.15) is 5.26 Å². The van der Waals surface area contributed by atoms with E-state index in [9.17, 15) is 5.26 Å². The maximum Gasteiger partial charge on any atom is 0.232 e. The Bertz CT molecular complexity index is 1030. The third-order valence-electron chi connectivity index (χ3n) is 5.01. The van der Waals surface area contributed by atoms with Crippen LogP contribution in [0.1, 0.15) is 23.9 Å². The summed E-state index contributed by atoms with van der Waals surface area (Å²) < 4.78 is 7.44. The van der Waals surface area contributed by atoms with Crippen LogP contribution >= 0.6 is 0 Å². The SMILES string of the molecule is CCc1ccc(C=C(C#N)c2nnc(N3CCOCC3)n2-c2ccccc2)cc1. The summed E-state index contributed by atoms with van der Waals surface area (Å²) in [5.74, 6) is 1.27. The molecule has 6 heteroatoms. The lowest BCUT2D eigenvalue weighted by Gasteiger charge is -2.28. The number of hydrogen-bond acceptors (Lipinski definition) is 5. The molecular formula is C23H23N5O. The molecule has 0 aliphatic carbocycles. The summed E-state index contributed by atoms with van der Waals surface area (Å²) in [5, 5.41) is 18.8. The van der Waals surface area contributed by atoms with Crippen LogP contribution in [0.25, 0.3) is 17.3 Å². The standard InChI is InChI=1S/C23H23N5O/c1-2-18-8-10-19(11-9-18)16-20(17-24)22-25-26-23(27-12-14-29-15-13-27)28(22)21-6-4-3-5-7-21/h3-11,16H,2,12-15H2,1H3. The minimum Gasteiger partial charge on any atom is -0.378 e. The van der Waals surface area contributed by atoms with Crippen molar-refractivity contribution in [2.75, 3.05) is 31.2 Å². The zero-order valence-electron chi connectivity index (χ0n) is 16.5. The van der Waals surface area contributed by atoms with E-state index in [0.29, 0.717) is 24.6 Å². The lowest BCUT2D eigenvalue weighted by atomic mass is 10.1.